The molecule has 0 unspecified atom stereocenters. The highest BCUT2D eigenvalue weighted by molar-refractivity contribution is 14.1. The van der Waals surface area contributed by atoms with Crippen LogP contribution in [0.25, 0.3) is 36.5 Å². The highest BCUT2D eigenvalue weighted by Crippen LogP contribution is 2.23. The van der Waals surface area contributed by atoms with E-state index in [1.807, 2.05) is 109 Å². The summed E-state index contributed by atoms with van der Waals surface area (Å²) in [5.41, 5.74) is 9.62. The monoisotopic (exact) mass is 1610 g/mol. The molecule has 10 heterocycles. The first-order chi connectivity index (χ1) is 50.7. The molecule has 108 heavy (non-hydrogen) atoms. The standard InChI is InChI=1S/C15H23N3O2.C12H16IN3O2.C12H16N4O4.C12H18N4O2.2C11H15N3O2/c1-5-6-12-11-13-7-8-17(9-10-18(13)16-12)14(19)20-15(2,3)4;1-12(2,3)18-11(17)15-5-4-9-8-10(13)14-16(9)7-6-15;1-12(2,3)20-11(17)14-5-4-9-8-10(16(18)19)13-15(9)7-6-14;1-12(2,3)18-11(17)15-5-4-9-8-10(13)14-16(9)7-6-15;2*1-3-5-6-7-8-13-10(4-2)9-11(12-13)14(15)16/h7-8,11H,5-6,9-10H2,1-4H3;4-5,8H,6-7H2,1-3H3;4-5,8H,6-7H2,1-3H3;4-5,8H,6-7H2,1-3H3,(H2,13,14);3-5,9H,2,6-8H2,1H3;3-4,9H,1-2,5-8H2/b;;;;5-3+;. The molecule has 0 fully saturated rings. The van der Waals surface area contributed by atoms with Crippen LogP contribution in [0.15, 0.2) is 99.2 Å². The van der Waals surface area contributed by atoms with Crippen molar-refractivity contribution in [2.75, 3.05) is 31.9 Å². The number of halogens is 1. The minimum Gasteiger partial charge on any atom is -0.443 e. The van der Waals surface area contributed by atoms with Crippen molar-refractivity contribution in [2.24, 2.45) is 0 Å². The molecule has 0 spiro atoms. The lowest BCUT2D eigenvalue weighted by molar-refractivity contribution is -0.390. The van der Waals surface area contributed by atoms with Crippen LogP contribution in [0.3, 0.4) is 0 Å². The van der Waals surface area contributed by atoms with Crippen molar-refractivity contribution < 1.29 is 52.9 Å². The van der Waals surface area contributed by atoms with Gasteiger partial charge in [0.25, 0.3) is 0 Å². The molecule has 34 nitrogen and oxygen atoms in total. The number of allylic oxidation sites excluding steroid dienone is 3. The van der Waals surface area contributed by atoms with Crippen LogP contribution >= 0.6 is 22.6 Å². The maximum Gasteiger partial charge on any atom is 0.414 e. The number of carbonyl (C=O) groups excluding carboxylic acids is 4. The quantitative estimate of drug-likeness (QED) is 0.0235. The predicted octanol–water partition coefficient (Wildman–Crippen LogP) is 15.0. The summed E-state index contributed by atoms with van der Waals surface area (Å²) in [6, 6.07) is 10.1. The van der Waals surface area contributed by atoms with Crippen LogP contribution in [0, 0.1) is 34.0 Å². The van der Waals surface area contributed by atoms with Gasteiger partial charge < -0.3 is 55.0 Å². The number of hydrogen-bond acceptors (Lipinski definition) is 21. The molecule has 586 valence electrons. The molecule has 2 N–H and O–H groups in total. The largest absolute Gasteiger partial charge is 0.443 e. The second kappa shape index (κ2) is 40.6. The zero-order valence-corrected chi connectivity index (χ0v) is 66.4. The number of amides is 4. The minimum absolute atomic E-state index is 0.124. The number of ether oxygens (including phenoxy) is 4. The molecule has 0 saturated heterocycles. The molecule has 0 saturated carbocycles. The van der Waals surface area contributed by atoms with Crippen LogP contribution in [0.4, 0.5) is 42.4 Å². The summed E-state index contributed by atoms with van der Waals surface area (Å²) in [7, 11) is 0. The van der Waals surface area contributed by atoms with Crippen LogP contribution in [0.2, 0.25) is 0 Å². The lowest BCUT2D eigenvalue weighted by atomic mass is 10.2. The Morgan fingerprint density at radius 2 is 0.852 bits per heavy atom. The number of aromatic nitrogens is 12. The molecular weight excluding hydrogens is 1510 g/mol. The van der Waals surface area contributed by atoms with Crippen molar-refractivity contribution in [2.45, 2.75) is 204 Å². The molecule has 0 bridgehead atoms. The van der Waals surface area contributed by atoms with E-state index in [-0.39, 0.29) is 35.7 Å². The maximum absolute atomic E-state index is 12.0. The molecule has 35 heteroatoms. The van der Waals surface area contributed by atoms with Gasteiger partial charge in [-0.15, -0.1) is 6.58 Å². The smallest absolute Gasteiger partial charge is 0.414 e. The van der Waals surface area contributed by atoms with Crippen molar-refractivity contribution in [3.63, 3.8) is 0 Å². The van der Waals surface area contributed by atoms with Gasteiger partial charge in [-0.1, -0.05) is 44.7 Å². The van der Waals surface area contributed by atoms with E-state index in [0.29, 0.717) is 88.3 Å². The normalized spacial score (nSPS) is 13.6. The first-order valence-electron chi connectivity index (χ1n) is 35.2. The molecule has 4 aliphatic rings. The molecule has 0 radical (unpaired) electrons. The van der Waals surface area contributed by atoms with Gasteiger partial charge in [-0.25, -0.2) is 19.2 Å². The molecular formula is C73H103IN20O14. The van der Waals surface area contributed by atoms with E-state index in [0.717, 1.165) is 71.4 Å². The van der Waals surface area contributed by atoms with Crippen LogP contribution in [-0.2, 0) is 64.6 Å². The number of nitrogens with zero attached hydrogens (tertiary/aromatic N) is 19. The third-order valence-electron chi connectivity index (χ3n) is 14.8. The summed E-state index contributed by atoms with van der Waals surface area (Å²) in [4.78, 5) is 84.1. The number of carbonyl (C=O) groups is 4. The van der Waals surface area contributed by atoms with Gasteiger partial charge in [0.05, 0.1) is 119 Å². The average Bonchev–Trinajstić information content (AvgIpc) is 1.81. The molecule has 4 amide bonds. The van der Waals surface area contributed by atoms with Crippen LogP contribution in [0.1, 0.15) is 175 Å². The first kappa shape index (κ1) is 87.6. The molecule has 0 aliphatic carbocycles. The molecule has 4 aliphatic heterocycles. The second-order valence-corrected chi connectivity index (χ2v) is 29.6. The van der Waals surface area contributed by atoms with E-state index < -0.39 is 43.3 Å². The molecule has 10 rings (SSSR count). The fraction of sp³-hybridized carbons (Fsp3) is 0.479. The highest BCUT2D eigenvalue weighted by Gasteiger charge is 2.28. The van der Waals surface area contributed by atoms with Crippen molar-refractivity contribution in [1.82, 2.24) is 78.3 Å². The number of rotatable bonds is 16. The van der Waals surface area contributed by atoms with Crippen LogP contribution in [0.5, 0.6) is 0 Å². The number of nitrogen functional groups attached to an aromatic ring is 1. The Labute approximate surface area is 643 Å². The van der Waals surface area contributed by atoms with Gasteiger partial charge in [-0.3, -0.25) is 33.6 Å². The minimum atomic E-state index is -0.566. The number of hydrogen-bond donors (Lipinski definition) is 1. The van der Waals surface area contributed by atoms with E-state index in [1.54, 1.807) is 99.8 Å². The molecule has 0 atom stereocenters. The third-order valence-corrected chi connectivity index (χ3v) is 15.3. The Bertz CT molecular complexity index is 4140. The molecule has 6 aromatic heterocycles. The summed E-state index contributed by atoms with van der Waals surface area (Å²) in [6.45, 7) is 42.7. The van der Waals surface area contributed by atoms with E-state index >= 15 is 0 Å². The summed E-state index contributed by atoms with van der Waals surface area (Å²) < 4.78 is 32.6. The van der Waals surface area contributed by atoms with Gasteiger partial charge in [0, 0.05) is 50.5 Å². The average molecular weight is 1610 g/mol. The van der Waals surface area contributed by atoms with Crippen LogP contribution < -0.4 is 5.73 Å². The lowest BCUT2D eigenvalue weighted by Gasteiger charge is -2.24. The SMILES string of the molecule is C=CCCCCn1nc([N+](=O)[O-])cc1C=C.C=Cc1cc([N+](=O)[O-])nn1CCC/C=C/C.CC(C)(C)OC(=O)N1C=Cc2cc(I)nn2CC1.CC(C)(C)OC(=O)N1C=Cc2cc(N)nn2CC1.CC(C)(C)OC(=O)N1C=Cc2cc([N+](=O)[O-])nn2CC1.CCCc1cc2n(n1)CCN(C(=O)OC(C)(C)C)C=C2. The van der Waals surface area contributed by atoms with E-state index in [4.69, 9.17) is 24.7 Å². The Morgan fingerprint density at radius 1 is 0.491 bits per heavy atom. The third kappa shape index (κ3) is 29.7. The number of nitro groups is 3. The van der Waals surface area contributed by atoms with Gasteiger partial charge in [0.2, 0.25) is 0 Å². The number of anilines is 1. The van der Waals surface area contributed by atoms with Gasteiger partial charge in [0.1, 0.15) is 31.9 Å². The number of fused-ring (bicyclic) bond motifs is 4. The van der Waals surface area contributed by atoms with E-state index in [2.05, 4.69) is 92.0 Å². The van der Waals surface area contributed by atoms with Gasteiger partial charge in [-0.05, 0) is 214 Å². The fourth-order valence-electron chi connectivity index (χ4n) is 9.91. The Balaban J connectivity index is 0.000000233. The Hall–Kier alpha value is -11.0. The zero-order chi connectivity index (χ0) is 80.3. The number of aryl methyl sites for hydroxylation is 3. The van der Waals surface area contributed by atoms with Crippen molar-refractivity contribution in [3.8, 4) is 0 Å². The number of unbranched alkanes of at least 4 members (excludes halogenated alkanes) is 3. The summed E-state index contributed by atoms with van der Waals surface area (Å²) in [5.74, 6) is 0.0373. The first-order valence-corrected chi connectivity index (χ1v) is 36.3. The van der Waals surface area contributed by atoms with Gasteiger partial charge >= 0.3 is 41.8 Å². The fourth-order valence-corrected chi connectivity index (χ4v) is 10.5. The summed E-state index contributed by atoms with van der Waals surface area (Å²) in [5, 5.41) is 56.5. The predicted molar refractivity (Wildman–Crippen MR) is 421 cm³/mol. The van der Waals surface area contributed by atoms with Crippen LogP contribution in [-0.4, -0.2) is 166 Å². The zero-order valence-electron chi connectivity index (χ0n) is 64.3. The van der Waals surface area contributed by atoms with Crippen molar-refractivity contribution in [1.29, 1.82) is 0 Å². The highest BCUT2D eigenvalue weighted by atomic mass is 127. The van der Waals surface area contributed by atoms with Crippen molar-refractivity contribution in [3.05, 3.63) is 173 Å². The summed E-state index contributed by atoms with van der Waals surface area (Å²) in [6.07, 6.45) is 28.5. The lowest BCUT2D eigenvalue weighted by Crippen LogP contribution is -2.34. The topological polar surface area (TPSA) is 381 Å². The molecule has 6 aromatic rings. The van der Waals surface area contributed by atoms with Gasteiger partial charge in [-0.2, -0.15) is 29.3 Å². The second-order valence-electron chi connectivity index (χ2n) is 28.5. The summed E-state index contributed by atoms with van der Waals surface area (Å²) >= 11 is 2.18. The Kier molecular flexibility index (Phi) is 33.0. The van der Waals surface area contributed by atoms with Crippen molar-refractivity contribution >= 4 is 107 Å². The molecule has 0 aromatic carbocycles. The Morgan fingerprint density at radius 3 is 1.23 bits per heavy atom. The maximum atomic E-state index is 12.0. The van der Waals surface area contributed by atoms with Gasteiger partial charge in [0.15, 0.2) is 0 Å². The number of nitrogens with two attached hydrogens (primary N) is 1. The van der Waals surface area contributed by atoms with E-state index in [1.165, 1.54) is 32.7 Å². The van der Waals surface area contributed by atoms with E-state index in [9.17, 15) is 49.5 Å².